The number of carbonyl (C=O) groups is 3. The second-order valence-corrected chi connectivity index (χ2v) is 7.31. The molecule has 1 unspecified atom stereocenters. The fourth-order valence-corrected chi connectivity index (χ4v) is 2.12. The molecule has 7 heteroatoms. The van der Waals surface area contributed by atoms with E-state index in [1.165, 1.54) is 26.0 Å². The highest BCUT2D eigenvalue weighted by Gasteiger charge is 2.39. The van der Waals surface area contributed by atoms with Gasteiger partial charge in [0, 0.05) is 11.1 Å². The second kappa shape index (κ2) is 7.91. The summed E-state index contributed by atoms with van der Waals surface area (Å²) in [5.74, 6) is 0.540. The topological polar surface area (TPSA) is 105 Å². The van der Waals surface area contributed by atoms with Gasteiger partial charge in [-0.15, -0.1) is 6.42 Å². The van der Waals surface area contributed by atoms with Crippen LogP contribution in [-0.2, 0) is 9.53 Å². The zero-order valence-electron chi connectivity index (χ0n) is 15.5. The third kappa shape index (κ3) is 6.13. The van der Waals surface area contributed by atoms with Gasteiger partial charge in [0.1, 0.15) is 11.6 Å². The lowest BCUT2D eigenvalue weighted by Gasteiger charge is -2.33. The average Bonchev–Trinajstić information content (AvgIpc) is 2.49. The van der Waals surface area contributed by atoms with Gasteiger partial charge in [-0.25, -0.2) is 9.59 Å². The maximum atomic E-state index is 12.4. The molecule has 1 aromatic rings. The molecule has 3 N–H and O–H groups in total. The van der Waals surface area contributed by atoms with E-state index in [-0.39, 0.29) is 5.56 Å². The van der Waals surface area contributed by atoms with Gasteiger partial charge in [0.15, 0.2) is 0 Å². The predicted octanol–water partition coefficient (Wildman–Crippen LogP) is 2.15. The number of carboxylic acid groups (broad SMARTS) is 1. The molecule has 7 nitrogen and oxygen atoms in total. The number of rotatable bonds is 5. The zero-order chi connectivity index (χ0) is 20.1. The second-order valence-electron chi connectivity index (χ2n) is 7.31. The van der Waals surface area contributed by atoms with Crippen molar-refractivity contribution >= 4 is 18.0 Å². The van der Waals surface area contributed by atoms with Crippen LogP contribution in [0.15, 0.2) is 24.3 Å². The van der Waals surface area contributed by atoms with Crippen molar-refractivity contribution in [2.75, 3.05) is 0 Å². The van der Waals surface area contributed by atoms with Crippen molar-refractivity contribution in [3.05, 3.63) is 35.4 Å². The van der Waals surface area contributed by atoms with Crippen LogP contribution < -0.4 is 10.6 Å². The lowest BCUT2D eigenvalue weighted by molar-refractivity contribution is -0.141. The summed E-state index contributed by atoms with van der Waals surface area (Å²) >= 11 is 0. The molecule has 0 saturated carbocycles. The van der Waals surface area contributed by atoms with E-state index in [2.05, 4.69) is 16.6 Å². The summed E-state index contributed by atoms with van der Waals surface area (Å²) in [4.78, 5) is 36.0. The molecular weight excluding hydrogens is 336 g/mol. The number of benzene rings is 1. The van der Waals surface area contributed by atoms with Crippen molar-refractivity contribution < 1.29 is 24.2 Å². The molecule has 0 bridgehead atoms. The van der Waals surface area contributed by atoms with E-state index in [1.54, 1.807) is 32.9 Å². The third-order valence-electron chi connectivity index (χ3n) is 3.38. The highest BCUT2D eigenvalue weighted by molar-refractivity contribution is 5.97. The number of amides is 2. The van der Waals surface area contributed by atoms with E-state index >= 15 is 0 Å². The van der Waals surface area contributed by atoms with Crippen molar-refractivity contribution in [1.82, 2.24) is 10.6 Å². The van der Waals surface area contributed by atoms with Gasteiger partial charge in [0.25, 0.3) is 5.91 Å². The van der Waals surface area contributed by atoms with Crippen LogP contribution in [0.1, 0.15) is 50.5 Å². The van der Waals surface area contributed by atoms with E-state index in [9.17, 15) is 19.5 Å². The van der Waals surface area contributed by atoms with Gasteiger partial charge in [0.05, 0.1) is 5.54 Å². The molecule has 0 spiro atoms. The van der Waals surface area contributed by atoms with Crippen LogP contribution in [0.3, 0.4) is 0 Å². The molecule has 0 saturated heterocycles. The van der Waals surface area contributed by atoms with Gasteiger partial charge in [-0.2, -0.15) is 0 Å². The number of alkyl carbamates (subject to hydrolysis) is 1. The zero-order valence-corrected chi connectivity index (χ0v) is 15.5. The van der Waals surface area contributed by atoms with Crippen LogP contribution in [0.25, 0.3) is 0 Å². The SMILES string of the molecule is C#Cc1ccc(C(=O)NC(C(=O)O)C(C)(C)NC(=O)OC(C)(C)C)cc1. The Bertz CT molecular complexity index is 724. The van der Waals surface area contributed by atoms with Gasteiger partial charge < -0.3 is 20.5 Å². The Kier molecular flexibility index (Phi) is 6.40. The van der Waals surface area contributed by atoms with Crippen LogP contribution in [0.2, 0.25) is 0 Å². The number of carboxylic acids is 1. The first-order valence-electron chi connectivity index (χ1n) is 7.97. The molecule has 1 atom stereocenters. The third-order valence-corrected chi connectivity index (χ3v) is 3.38. The van der Waals surface area contributed by atoms with Crippen molar-refractivity contribution in [2.45, 2.75) is 51.8 Å². The Labute approximate surface area is 153 Å². The molecule has 0 aliphatic heterocycles. The van der Waals surface area contributed by atoms with E-state index < -0.39 is 35.2 Å². The van der Waals surface area contributed by atoms with Crippen LogP contribution in [-0.4, -0.2) is 40.3 Å². The number of terminal acetylenes is 1. The smallest absolute Gasteiger partial charge is 0.408 e. The number of hydrogen-bond acceptors (Lipinski definition) is 4. The maximum Gasteiger partial charge on any atom is 0.408 e. The molecule has 0 aromatic heterocycles. The molecule has 26 heavy (non-hydrogen) atoms. The Hall–Kier alpha value is -3.01. The van der Waals surface area contributed by atoms with E-state index in [1.807, 2.05) is 0 Å². The minimum atomic E-state index is -1.38. The molecule has 1 aromatic carbocycles. The first-order chi connectivity index (χ1) is 11.9. The standard InChI is InChI=1S/C19H24N2O5/c1-7-12-8-10-13(11-9-12)15(22)20-14(16(23)24)19(5,6)21-17(25)26-18(2,3)4/h1,8-11,14H,2-6H3,(H,20,22)(H,21,25)(H,23,24). The Morgan fingerprint density at radius 2 is 1.65 bits per heavy atom. The quantitative estimate of drug-likeness (QED) is 0.698. The summed E-state index contributed by atoms with van der Waals surface area (Å²) in [6.45, 7) is 8.04. The minimum Gasteiger partial charge on any atom is -0.480 e. The number of aliphatic carboxylic acids is 1. The van der Waals surface area contributed by atoms with Gasteiger partial charge in [-0.3, -0.25) is 4.79 Å². The molecule has 1 rings (SSSR count). The predicted molar refractivity (Wildman–Crippen MR) is 96.7 cm³/mol. The van der Waals surface area contributed by atoms with Crippen molar-refractivity contribution in [1.29, 1.82) is 0 Å². The van der Waals surface area contributed by atoms with Gasteiger partial charge in [-0.05, 0) is 58.9 Å². The Morgan fingerprint density at radius 3 is 2.08 bits per heavy atom. The molecule has 0 aliphatic rings. The summed E-state index contributed by atoms with van der Waals surface area (Å²) < 4.78 is 5.14. The molecule has 0 fully saturated rings. The van der Waals surface area contributed by atoms with E-state index in [4.69, 9.17) is 11.2 Å². The van der Waals surface area contributed by atoms with Crippen LogP contribution in [0.5, 0.6) is 0 Å². The van der Waals surface area contributed by atoms with Gasteiger partial charge in [-0.1, -0.05) is 5.92 Å². The highest BCUT2D eigenvalue weighted by Crippen LogP contribution is 2.14. The number of hydrogen-bond donors (Lipinski definition) is 3. The molecule has 140 valence electrons. The number of carbonyl (C=O) groups excluding carboxylic acids is 2. The molecule has 0 radical (unpaired) electrons. The average molecular weight is 360 g/mol. The minimum absolute atomic E-state index is 0.253. The van der Waals surface area contributed by atoms with Crippen LogP contribution in [0, 0.1) is 12.3 Å². The van der Waals surface area contributed by atoms with Crippen LogP contribution in [0.4, 0.5) is 4.79 Å². The summed E-state index contributed by atoms with van der Waals surface area (Å²) in [7, 11) is 0. The normalized spacial score (nSPS) is 12.5. The fraction of sp³-hybridized carbons (Fsp3) is 0.421. The van der Waals surface area contributed by atoms with Crippen LogP contribution >= 0.6 is 0 Å². The van der Waals surface area contributed by atoms with Gasteiger partial charge in [0.2, 0.25) is 0 Å². The first-order valence-corrected chi connectivity index (χ1v) is 7.97. The molecular formula is C19H24N2O5. The summed E-state index contributed by atoms with van der Waals surface area (Å²) in [6.07, 6.45) is 4.49. The number of ether oxygens (including phenoxy) is 1. The first kappa shape index (κ1) is 21.0. The monoisotopic (exact) mass is 360 g/mol. The summed E-state index contributed by atoms with van der Waals surface area (Å²) in [5, 5.41) is 14.4. The van der Waals surface area contributed by atoms with E-state index in [0.29, 0.717) is 5.56 Å². The molecule has 2 amide bonds. The lowest BCUT2D eigenvalue weighted by atomic mass is 9.94. The highest BCUT2D eigenvalue weighted by atomic mass is 16.6. The Morgan fingerprint density at radius 1 is 1.12 bits per heavy atom. The van der Waals surface area contributed by atoms with Crippen molar-refractivity contribution in [2.24, 2.45) is 0 Å². The Balaban J connectivity index is 2.92. The largest absolute Gasteiger partial charge is 0.480 e. The molecule has 0 aliphatic carbocycles. The van der Waals surface area contributed by atoms with E-state index in [0.717, 1.165) is 0 Å². The lowest BCUT2D eigenvalue weighted by Crippen LogP contribution is -2.62. The fourth-order valence-electron chi connectivity index (χ4n) is 2.12. The van der Waals surface area contributed by atoms with Crippen molar-refractivity contribution in [3.8, 4) is 12.3 Å². The van der Waals surface area contributed by atoms with Gasteiger partial charge >= 0.3 is 12.1 Å². The summed E-state index contributed by atoms with van der Waals surface area (Å²) in [5.41, 5.74) is -1.18. The maximum absolute atomic E-state index is 12.4. The molecule has 0 heterocycles. The number of nitrogens with one attached hydrogen (secondary N) is 2. The van der Waals surface area contributed by atoms with Crippen molar-refractivity contribution in [3.63, 3.8) is 0 Å². The summed E-state index contributed by atoms with van der Waals surface area (Å²) in [6, 6.07) is 4.77.